The molecule has 4 heteroatoms. The van der Waals surface area contributed by atoms with Crippen LogP contribution in [0.4, 0.5) is 18.9 Å². The third-order valence-corrected chi connectivity index (χ3v) is 2.49. The third-order valence-electron chi connectivity index (χ3n) is 2.49. The summed E-state index contributed by atoms with van der Waals surface area (Å²) in [6.07, 6.45) is -3.53. The van der Waals surface area contributed by atoms with Crippen molar-refractivity contribution >= 4 is 5.69 Å². The smallest absolute Gasteiger partial charge is 0.399 e. The van der Waals surface area contributed by atoms with Crippen LogP contribution in [-0.4, -0.2) is 0 Å². The van der Waals surface area contributed by atoms with Crippen LogP contribution in [0, 0.1) is 0 Å². The minimum Gasteiger partial charge on any atom is -0.399 e. The lowest BCUT2D eigenvalue weighted by Crippen LogP contribution is -2.07. The Labute approximate surface area is 87.1 Å². The molecule has 15 heavy (non-hydrogen) atoms. The van der Waals surface area contributed by atoms with Gasteiger partial charge in [-0.15, -0.1) is 0 Å². The van der Waals surface area contributed by atoms with Crippen LogP contribution in [0.3, 0.4) is 0 Å². The summed E-state index contributed by atoms with van der Waals surface area (Å²) in [5.41, 5.74) is 5.59. The average molecular weight is 217 g/mol. The molecule has 1 aromatic rings. The lowest BCUT2D eigenvalue weighted by Gasteiger charge is -2.14. The van der Waals surface area contributed by atoms with Gasteiger partial charge in [-0.1, -0.05) is 13.8 Å². The van der Waals surface area contributed by atoms with E-state index in [1.807, 2.05) is 13.8 Å². The van der Waals surface area contributed by atoms with Gasteiger partial charge < -0.3 is 5.73 Å². The first kappa shape index (κ1) is 11.9. The van der Waals surface area contributed by atoms with Gasteiger partial charge in [0.15, 0.2) is 0 Å². The quantitative estimate of drug-likeness (QED) is 0.749. The van der Waals surface area contributed by atoms with E-state index in [1.165, 1.54) is 6.07 Å². The van der Waals surface area contributed by atoms with E-state index in [4.69, 9.17) is 5.73 Å². The fraction of sp³-hybridized carbons (Fsp3) is 0.455. The van der Waals surface area contributed by atoms with Gasteiger partial charge in [0, 0.05) is 5.69 Å². The highest BCUT2D eigenvalue weighted by Gasteiger charge is 2.31. The minimum atomic E-state index is -4.32. The van der Waals surface area contributed by atoms with Gasteiger partial charge in [0.25, 0.3) is 0 Å². The first-order valence-corrected chi connectivity index (χ1v) is 4.82. The molecule has 0 heterocycles. The highest BCUT2D eigenvalue weighted by atomic mass is 19.4. The molecular weight excluding hydrogens is 203 g/mol. The predicted molar refractivity (Wildman–Crippen MR) is 54.6 cm³/mol. The summed E-state index contributed by atoms with van der Waals surface area (Å²) in [5.74, 6) is 0.0922. The molecule has 0 aromatic heterocycles. The Balaban J connectivity index is 3.17. The number of hydrogen-bond donors (Lipinski definition) is 1. The predicted octanol–water partition coefficient (Wildman–Crippen LogP) is 3.80. The molecule has 1 atom stereocenters. The highest BCUT2D eigenvalue weighted by molar-refractivity contribution is 5.46. The Morgan fingerprint density at radius 3 is 2.33 bits per heavy atom. The molecule has 0 bridgehead atoms. The first-order valence-electron chi connectivity index (χ1n) is 4.82. The maximum Gasteiger partial charge on any atom is 0.416 e. The number of anilines is 1. The van der Waals surface area contributed by atoms with E-state index in [0.29, 0.717) is 5.56 Å². The molecule has 1 aromatic carbocycles. The van der Waals surface area contributed by atoms with Crippen molar-refractivity contribution in [2.75, 3.05) is 5.73 Å². The van der Waals surface area contributed by atoms with Crippen LogP contribution < -0.4 is 5.73 Å². The lowest BCUT2D eigenvalue weighted by molar-refractivity contribution is -0.137. The van der Waals surface area contributed by atoms with Gasteiger partial charge in [-0.2, -0.15) is 13.2 Å². The molecule has 0 aliphatic rings. The minimum absolute atomic E-state index is 0.0922. The number of benzene rings is 1. The summed E-state index contributed by atoms with van der Waals surface area (Å²) in [4.78, 5) is 0. The van der Waals surface area contributed by atoms with Crippen LogP contribution in [0.5, 0.6) is 0 Å². The molecule has 0 radical (unpaired) electrons. The molecule has 0 amide bonds. The van der Waals surface area contributed by atoms with Gasteiger partial charge in [-0.05, 0) is 36.1 Å². The molecule has 0 spiro atoms. The topological polar surface area (TPSA) is 26.0 Å². The van der Waals surface area contributed by atoms with Gasteiger partial charge in [-0.3, -0.25) is 0 Å². The Morgan fingerprint density at radius 2 is 1.87 bits per heavy atom. The standard InChI is InChI=1S/C11H14F3N/c1-3-7(2)8-4-9(11(12,13)14)6-10(15)5-8/h4-7H,3,15H2,1-2H3. The van der Waals surface area contributed by atoms with E-state index in [1.54, 1.807) is 6.07 Å². The van der Waals surface area contributed by atoms with E-state index < -0.39 is 11.7 Å². The zero-order valence-corrected chi connectivity index (χ0v) is 8.73. The fourth-order valence-corrected chi connectivity index (χ4v) is 1.36. The number of hydrogen-bond acceptors (Lipinski definition) is 1. The molecule has 1 nitrogen and oxygen atoms in total. The Hall–Kier alpha value is -1.19. The van der Waals surface area contributed by atoms with Gasteiger partial charge >= 0.3 is 6.18 Å². The van der Waals surface area contributed by atoms with Crippen LogP contribution in [-0.2, 0) is 6.18 Å². The number of rotatable bonds is 2. The fourth-order valence-electron chi connectivity index (χ4n) is 1.36. The van der Waals surface area contributed by atoms with Gasteiger partial charge in [-0.25, -0.2) is 0 Å². The number of halogens is 3. The van der Waals surface area contributed by atoms with Crippen molar-refractivity contribution in [3.8, 4) is 0 Å². The molecule has 0 saturated carbocycles. The largest absolute Gasteiger partial charge is 0.416 e. The molecule has 0 aliphatic heterocycles. The van der Waals surface area contributed by atoms with Crippen molar-refractivity contribution in [1.29, 1.82) is 0 Å². The molecular formula is C11H14F3N. The van der Waals surface area contributed by atoms with Gasteiger partial charge in [0.05, 0.1) is 5.56 Å². The summed E-state index contributed by atoms with van der Waals surface area (Å²) in [7, 11) is 0. The van der Waals surface area contributed by atoms with E-state index in [2.05, 4.69) is 0 Å². The Kier molecular flexibility index (Phi) is 3.27. The summed E-state index contributed by atoms with van der Waals surface area (Å²) >= 11 is 0. The van der Waals surface area contributed by atoms with Crippen LogP contribution >= 0.6 is 0 Å². The second-order valence-electron chi connectivity index (χ2n) is 3.70. The highest BCUT2D eigenvalue weighted by Crippen LogP contribution is 2.33. The van der Waals surface area contributed by atoms with Crippen molar-refractivity contribution in [3.63, 3.8) is 0 Å². The van der Waals surface area contributed by atoms with Crippen molar-refractivity contribution in [1.82, 2.24) is 0 Å². The molecule has 2 N–H and O–H groups in total. The van der Waals surface area contributed by atoms with E-state index in [9.17, 15) is 13.2 Å². The van der Waals surface area contributed by atoms with Crippen LogP contribution in [0.25, 0.3) is 0 Å². The zero-order valence-electron chi connectivity index (χ0n) is 8.73. The summed E-state index contributed by atoms with van der Waals surface area (Å²) in [6, 6.07) is 3.74. The van der Waals surface area contributed by atoms with Crippen molar-refractivity contribution < 1.29 is 13.2 Å². The average Bonchev–Trinajstić information content (AvgIpc) is 2.14. The molecule has 84 valence electrons. The first-order chi connectivity index (χ1) is 6.84. The number of nitrogen functional groups attached to an aromatic ring is 1. The summed E-state index contributed by atoms with van der Waals surface area (Å²) in [6.45, 7) is 3.82. The second-order valence-corrected chi connectivity index (χ2v) is 3.70. The number of nitrogens with two attached hydrogens (primary N) is 1. The summed E-state index contributed by atoms with van der Waals surface area (Å²) in [5, 5.41) is 0. The maximum absolute atomic E-state index is 12.5. The van der Waals surface area contributed by atoms with E-state index in [0.717, 1.165) is 12.5 Å². The SMILES string of the molecule is CCC(C)c1cc(N)cc(C(F)(F)F)c1. The van der Waals surface area contributed by atoms with E-state index >= 15 is 0 Å². The second kappa shape index (κ2) is 4.13. The van der Waals surface area contributed by atoms with Crippen molar-refractivity contribution in [2.45, 2.75) is 32.4 Å². The number of alkyl halides is 3. The normalized spacial score (nSPS) is 13.9. The van der Waals surface area contributed by atoms with E-state index in [-0.39, 0.29) is 11.6 Å². The van der Waals surface area contributed by atoms with Crippen LogP contribution in [0.1, 0.15) is 37.3 Å². The van der Waals surface area contributed by atoms with Crippen LogP contribution in [0.2, 0.25) is 0 Å². The molecule has 0 saturated heterocycles. The third kappa shape index (κ3) is 2.88. The monoisotopic (exact) mass is 217 g/mol. The molecule has 0 fully saturated rings. The summed E-state index contributed by atoms with van der Waals surface area (Å²) < 4.78 is 37.4. The Morgan fingerprint density at radius 1 is 1.27 bits per heavy atom. The van der Waals surface area contributed by atoms with Crippen molar-refractivity contribution in [3.05, 3.63) is 29.3 Å². The zero-order chi connectivity index (χ0) is 11.6. The van der Waals surface area contributed by atoms with Gasteiger partial charge in [0.2, 0.25) is 0 Å². The van der Waals surface area contributed by atoms with Gasteiger partial charge in [0.1, 0.15) is 0 Å². The van der Waals surface area contributed by atoms with Crippen LogP contribution in [0.15, 0.2) is 18.2 Å². The Bertz CT molecular complexity index is 344. The maximum atomic E-state index is 12.5. The lowest BCUT2D eigenvalue weighted by atomic mass is 9.96. The van der Waals surface area contributed by atoms with Crippen molar-refractivity contribution in [2.24, 2.45) is 0 Å². The molecule has 0 aliphatic carbocycles. The molecule has 1 unspecified atom stereocenters. The molecule has 1 rings (SSSR count).